The largest absolute Gasteiger partial charge is 0.490 e. The van der Waals surface area contributed by atoms with E-state index in [4.69, 9.17) is 9.84 Å². The van der Waals surface area contributed by atoms with Crippen molar-refractivity contribution in [1.29, 1.82) is 0 Å². The molecule has 25 heavy (non-hydrogen) atoms. The molecule has 2 aliphatic rings. The summed E-state index contributed by atoms with van der Waals surface area (Å²) in [6, 6.07) is 2.51. The highest BCUT2D eigenvalue weighted by Crippen LogP contribution is 2.33. The Morgan fingerprint density at radius 3 is 2.44 bits per heavy atom. The number of hydrogen-bond donors (Lipinski definition) is 1. The Balaban J connectivity index is 1.53. The zero-order chi connectivity index (χ0) is 18.0. The molecule has 2 fully saturated rings. The van der Waals surface area contributed by atoms with E-state index < -0.39 is 17.7 Å². The maximum absolute atomic E-state index is 14.3. The second kappa shape index (κ2) is 7.56. The fourth-order valence-corrected chi connectivity index (χ4v) is 3.54. The van der Waals surface area contributed by atoms with Crippen molar-refractivity contribution >= 4 is 6.09 Å². The number of carbonyl (C=O) groups is 1. The molecule has 0 radical (unpaired) electrons. The van der Waals surface area contributed by atoms with Crippen LogP contribution in [0.5, 0.6) is 5.75 Å². The predicted octanol–water partition coefficient (Wildman–Crippen LogP) is 3.33. The first kappa shape index (κ1) is 17.9. The standard InChI is InChI=1S/C18H24F2N2O3/c1-21(18(23)24)10-12-6-13(7-12)25-14-8-16(19)15(17(20)9-14)11-22-4-2-3-5-22/h8-9,12-13H,2-7,10-11H2,1H3,(H,23,24). The van der Waals surface area contributed by atoms with E-state index in [9.17, 15) is 13.6 Å². The summed E-state index contributed by atoms with van der Waals surface area (Å²) in [6.07, 6.45) is 2.46. The van der Waals surface area contributed by atoms with Crippen molar-refractivity contribution in [3.05, 3.63) is 29.3 Å². The van der Waals surface area contributed by atoms with Crippen molar-refractivity contribution < 1.29 is 23.4 Å². The van der Waals surface area contributed by atoms with Gasteiger partial charge in [-0.3, -0.25) is 4.90 Å². The molecular formula is C18H24F2N2O3. The topological polar surface area (TPSA) is 53.0 Å². The van der Waals surface area contributed by atoms with E-state index in [-0.39, 0.29) is 23.3 Å². The van der Waals surface area contributed by atoms with E-state index in [2.05, 4.69) is 4.90 Å². The van der Waals surface area contributed by atoms with Gasteiger partial charge in [-0.25, -0.2) is 13.6 Å². The monoisotopic (exact) mass is 354 g/mol. The maximum atomic E-state index is 14.3. The maximum Gasteiger partial charge on any atom is 0.407 e. The van der Waals surface area contributed by atoms with E-state index in [1.807, 2.05) is 0 Å². The molecule has 1 aromatic rings. The molecule has 5 nitrogen and oxygen atoms in total. The van der Waals surface area contributed by atoms with E-state index in [0.29, 0.717) is 25.9 Å². The average molecular weight is 354 g/mol. The normalized spacial score (nSPS) is 23.3. The summed E-state index contributed by atoms with van der Waals surface area (Å²) in [5.74, 6) is -0.697. The lowest BCUT2D eigenvalue weighted by Crippen LogP contribution is -2.41. The third kappa shape index (κ3) is 4.39. The second-order valence-corrected chi connectivity index (χ2v) is 7.09. The SMILES string of the molecule is CN(CC1CC(Oc2cc(F)c(CN3CCCC3)c(F)c2)C1)C(=O)O. The number of benzene rings is 1. The van der Waals surface area contributed by atoms with Crippen LogP contribution in [0.15, 0.2) is 12.1 Å². The number of ether oxygens (including phenoxy) is 1. The molecule has 1 aliphatic heterocycles. The minimum Gasteiger partial charge on any atom is -0.490 e. The zero-order valence-corrected chi connectivity index (χ0v) is 14.4. The molecule has 0 spiro atoms. The summed E-state index contributed by atoms with van der Waals surface area (Å²) >= 11 is 0. The molecule has 1 aliphatic carbocycles. The van der Waals surface area contributed by atoms with Gasteiger partial charge < -0.3 is 14.7 Å². The van der Waals surface area contributed by atoms with Crippen molar-refractivity contribution in [2.45, 2.75) is 38.3 Å². The van der Waals surface area contributed by atoms with Gasteiger partial charge in [0.2, 0.25) is 0 Å². The molecule has 0 atom stereocenters. The van der Waals surface area contributed by atoms with E-state index >= 15 is 0 Å². The summed E-state index contributed by atoms with van der Waals surface area (Å²) in [5, 5.41) is 8.85. The van der Waals surface area contributed by atoms with Crippen molar-refractivity contribution in [2.75, 3.05) is 26.7 Å². The number of rotatable bonds is 6. The van der Waals surface area contributed by atoms with Gasteiger partial charge in [-0.15, -0.1) is 0 Å². The predicted molar refractivity (Wildman–Crippen MR) is 88.7 cm³/mol. The quantitative estimate of drug-likeness (QED) is 0.851. The molecule has 1 saturated carbocycles. The van der Waals surface area contributed by atoms with Crippen molar-refractivity contribution in [2.24, 2.45) is 5.92 Å². The van der Waals surface area contributed by atoms with E-state index in [0.717, 1.165) is 25.9 Å². The summed E-state index contributed by atoms with van der Waals surface area (Å²) in [6.45, 7) is 2.51. The highest BCUT2D eigenvalue weighted by molar-refractivity contribution is 5.64. The van der Waals surface area contributed by atoms with Crippen LogP contribution in [-0.2, 0) is 6.54 Å². The molecule has 1 aromatic carbocycles. The van der Waals surface area contributed by atoms with Crippen LogP contribution in [-0.4, -0.2) is 53.8 Å². The molecule has 1 amide bonds. The van der Waals surface area contributed by atoms with Gasteiger partial charge in [0.25, 0.3) is 0 Å². The second-order valence-electron chi connectivity index (χ2n) is 7.09. The molecule has 0 aromatic heterocycles. The van der Waals surface area contributed by atoms with Gasteiger partial charge in [-0.1, -0.05) is 0 Å². The Morgan fingerprint density at radius 2 is 1.88 bits per heavy atom. The molecule has 7 heteroatoms. The minimum absolute atomic E-state index is 0.101. The van der Waals surface area contributed by atoms with Crippen LogP contribution in [0.4, 0.5) is 13.6 Å². The molecule has 1 heterocycles. The molecule has 1 saturated heterocycles. The molecule has 0 unspecified atom stereocenters. The van der Waals surface area contributed by atoms with Crippen LogP contribution in [0.2, 0.25) is 0 Å². The van der Waals surface area contributed by atoms with Gasteiger partial charge >= 0.3 is 6.09 Å². The van der Waals surface area contributed by atoms with Gasteiger partial charge in [-0.05, 0) is 44.7 Å². The van der Waals surface area contributed by atoms with Crippen LogP contribution < -0.4 is 4.74 Å². The van der Waals surface area contributed by atoms with E-state index in [1.165, 1.54) is 24.1 Å². The van der Waals surface area contributed by atoms with Gasteiger partial charge in [0.05, 0.1) is 6.10 Å². The Kier molecular flexibility index (Phi) is 5.42. The van der Waals surface area contributed by atoms with Crippen molar-refractivity contribution in [3.8, 4) is 5.75 Å². The molecular weight excluding hydrogens is 330 g/mol. The lowest BCUT2D eigenvalue weighted by Gasteiger charge is -2.37. The summed E-state index contributed by atoms with van der Waals surface area (Å²) in [5.41, 5.74) is 0.101. The number of hydrogen-bond acceptors (Lipinski definition) is 3. The van der Waals surface area contributed by atoms with Crippen LogP contribution in [0.1, 0.15) is 31.2 Å². The number of amides is 1. The summed E-state index contributed by atoms with van der Waals surface area (Å²) in [4.78, 5) is 14.1. The minimum atomic E-state index is -0.956. The van der Waals surface area contributed by atoms with E-state index in [1.54, 1.807) is 0 Å². The van der Waals surface area contributed by atoms with Gasteiger partial charge in [0, 0.05) is 37.8 Å². The van der Waals surface area contributed by atoms with Crippen LogP contribution in [0.25, 0.3) is 0 Å². The Morgan fingerprint density at radius 1 is 1.28 bits per heavy atom. The fraction of sp³-hybridized carbons (Fsp3) is 0.611. The smallest absolute Gasteiger partial charge is 0.407 e. The highest BCUT2D eigenvalue weighted by Gasteiger charge is 2.32. The summed E-state index contributed by atoms with van der Waals surface area (Å²) < 4.78 is 34.2. The summed E-state index contributed by atoms with van der Waals surface area (Å²) in [7, 11) is 1.53. The zero-order valence-electron chi connectivity index (χ0n) is 14.4. The average Bonchev–Trinajstić information content (AvgIpc) is 3.01. The number of likely N-dealkylation sites (tertiary alicyclic amines) is 1. The Hall–Kier alpha value is -1.89. The van der Waals surface area contributed by atoms with Gasteiger partial charge in [-0.2, -0.15) is 0 Å². The van der Waals surface area contributed by atoms with Crippen LogP contribution >= 0.6 is 0 Å². The number of carboxylic acid groups (broad SMARTS) is 1. The fourth-order valence-electron chi connectivity index (χ4n) is 3.54. The van der Waals surface area contributed by atoms with Gasteiger partial charge in [0.15, 0.2) is 0 Å². The first-order chi connectivity index (χ1) is 11.9. The highest BCUT2D eigenvalue weighted by atomic mass is 19.1. The first-order valence-electron chi connectivity index (χ1n) is 8.73. The molecule has 3 rings (SSSR count). The number of nitrogens with zero attached hydrogens (tertiary/aromatic N) is 2. The van der Waals surface area contributed by atoms with Crippen LogP contribution in [0.3, 0.4) is 0 Å². The van der Waals surface area contributed by atoms with Crippen molar-refractivity contribution in [1.82, 2.24) is 9.80 Å². The first-order valence-corrected chi connectivity index (χ1v) is 8.73. The lowest BCUT2D eigenvalue weighted by atomic mass is 9.82. The lowest BCUT2D eigenvalue weighted by molar-refractivity contribution is 0.0470. The Labute approximate surface area is 146 Å². The van der Waals surface area contributed by atoms with Crippen molar-refractivity contribution in [3.63, 3.8) is 0 Å². The molecule has 0 bridgehead atoms. The third-order valence-corrected chi connectivity index (χ3v) is 5.05. The third-order valence-electron chi connectivity index (χ3n) is 5.05. The molecule has 1 N–H and O–H groups in total. The van der Waals surface area contributed by atoms with Crippen LogP contribution in [0, 0.1) is 17.6 Å². The molecule has 138 valence electrons. The number of halogens is 2. The Bertz CT molecular complexity index is 606. The van der Waals surface area contributed by atoms with Gasteiger partial charge in [0.1, 0.15) is 17.4 Å².